The van der Waals surface area contributed by atoms with Gasteiger partial charge in [-0.25, -0.2) is 8.78 Å². The van der Waals surface area contributed by atoms with Crippen molar-refractivity contribution in [3.8, 4) is 0 Å². The molecule has 26 heteroatoms. The van der Waals surface area contributed by atoms with Crippen molar-refractivity contribution in [3.05, 3.63) is 23.8 Å². The molecule has 0 radical (unpaired) electrons. The third kappa shape index (κ3) is 8.73. The van der Waals surface area contributed by atoms with Gasteiger partial charge in [-0.2, -0.15) is 79.0 Å². The van der Waals surface area contributed by atoms with Gasteiger partial charge in [0.1, 0.15) is 0 Å². The first-order valence-electron chi connectivity index (χ1n) is 8.83. The van der Waals surface area contributed by atoms with Gasteiger partial charge < -0.3 is 9.79 Å². The summed E-state index contributed by atoms with van der Waals surface area (Å²) in [7, 11) is -13.1. The molecular weight excluding hydrogens is 674 g/mol. The lowest BCUT2D eigenvalue weighted by molar-refractivity contribution is -0.383. The fraction of sp³-hybridized carbons (Fsp3) is 0.714. The van der Waals surface area contributed by atoms with Crippen molar-refractivity contribution in [1.29, 1.82) is 0 Å². The highest BCUT2D eigenvalue weighted by molar-refractivity contribution is 7.59. The maximum absolute atomic E-state index is 13.1. The molecule has 0 aromatic carbocycles. The van der Waals surface area contributed by atoms with Crippen molar-refractivity contribution < 1.29 is 107 Å². The monoisotopic (exact) mass is 684 g/mol. The number of allylic oxidation sites excluding steroid dienone is 2. The van der Waals surface area contributed by atoms with Gasteiger partial charge in [0.25, 0.3) is 14.7 Å². The molecule has 0 aliphatic rings. The molecule has 0 saturated carbocycles. The summed E-state index contributed by atoms with van der Waals surface area (Å²) in [5.74, 6) is -19.7. The molecule has 2 unspecified atom stereocenters. The second kappa shape index (κ2) is 12.8. The van der Waals surface area contributed by atoms with Gasteiger partial charge in [-0.3, -0.25) is 9.13 Å². The molecule has 4 nitrogen and oxygen atoms in total. The Kier molecular flexibility index (Phi) is 13.0. The number of rotatable bonds is 10. The van der Waals surface area contributed by atoms with Crippen LogP contribution in [0.2, 0.25) is 0 Å². The van der Waals surface area contributed by atoms with Crippen LogP contribution in [-0.2, 0) is 9.13 Å². The molecule has 240 valence electrons. The van der Waals surface area contributed by atoms with E-state index in [1.165, 1.54) is 0 Å². The summed E-state index contributed by atoms with van der Waals surface area (Å²) < 4.78 is 264. The van der Waals surface area contributed by atoms with E-state index in [1.807, 2.05) is 0 Å². The highest BCUT2D eigenvalue weighted by Crippen LogP contribution is 2.68. The van der Waals surface area contributed by atoms with Gasteiger partial charge >= 0.3 is 47.7 Å². The zero-order valence-corrected chi connectivity index (χ0v) is 19.8. The van der Waals surface area contributed by atoms with Crippen molar-refractivity contribution >= 4 is 14.7 Å². The van der Waals surface area contributed by atoms with Crippen molar-refractivity contribution in [2.24, 2.45) is 0 Å². The van der Waals surface area contributed by atoms with Crippen molar-refractivity contribution in [2.45, 2.75) is 48.4 Å². The minimum Gasteiger partial charge on any atom is -0.340 e. The van der Waals surface area contributed by atoms with Gasteiger partial charge in [-0.15, -0.1) is 0 Å². The van der Waals surface area contributed by atoms with E-state index in [1.54, 1.807) is 0 Å². The Bertz CT molecular complexity index is 1030. The normalized spacial score (nSPS) is 16.8. The SMILES string of the molecule is O=P(O)(CCC(F)=C(F)F)C(F)(F)C(F)(F)C(F)(F)C(F)(F)F.O=P(O)(CCC(F)=C(F)F)C(F)(F)C(F)(F)F. The molecule has 40 heavy (non-hydrogen) atoms. The Morgan fingerprint density at radius 1 is 0.475 bits per heavy atom. The van der Waals surface area contributed by atoms with Crippen molar-refractivity contribution in [3.63, 3.8) is 0 Å². The summed E-state index contributed by atoms with van der Waals surface area (Å²) in [6, 6.07) is 0. The van der Waals surface area contributed by atoms with Crippen LogP contribution >= 0.6 is 14.7 Å². The number of alkyl halides is 14. The zero-order chi connectivity index (χ0) is 33.1. The minimum absolute atomic E-state index is 1.68. The van der Waals surface area contributed by atoms with E-state index in [9.17, 15) is 96.9 Å². The maximum atomic E-state index is 13.1. The molecule has 0 bridgehead atoms. The minimum atomic E-state index is -7.42. The van der Waals surface area contributed by atoms with E-state index in [0.29, 0.717) is 0 Å². The molecule has 0 rings (SSSR count). The number of halogens is 20. The van der Waals surface area contributed by atoms with Gasteiger partial charge in [-0.05, 0) is 0 Å². The van der Waals surface area contributed by atoms with Crippen LogP contribution in [0, 0.1) is 0 Å². The molecule has 0 fully saturated rings. The van der Waals surface area contributed by atoms with Gasteiger partial charge in [0, 0.05) is 25.2 Å². The van der Waals surface area contributed by atoms with Gasteiger partial charge in [-0.1, -0.05) is 0 Å². The van der Waals surface area contributed by atoms with Gasteiger partial charge in [0.2, 0.25) is 0 Å². The first kappa shape index (κ1) is 40.6. The molecule has 0 aromatic rings. The van der Waals surface area contributed by atoms with E-state index in [-0.39, 0.29) is 0 Å². The topological polar surface area (TPSA) is 74.6 Å². The summed E-state index contributed by atoms with van der Waals surface area (Å²) in [5.41, 5.74) is -12.8. The van der Waals surface area contributed by atoms with Crippen LogP contribution in [0.4, 0.5) is 87.8 Å². The molecular formula is C14H10F20O4P2. The van der Waals surface area contributed by atoms with Crippen LogP contribution in [0.3, 0.4) is 0 Å². The highest BCUT2D eigenvalue weighted by atomic mass is 31.2. The Morgan fingerprint density at radius 2 is 0.750 bits per heavy atom. The zero-order valence-electron chi connectivity index (χ0n) is 18.0. The van der Waals surface area contributed by atoms with Crippen LogP contribution in [0.5, 0.6) is 0 Å². The number of hydrogen-bond donors (Lipinski definition) is 2. The summed E-state index contributed by atoms with van der Waals surface area (Å²) in [4.78, 5) is 17.1. The molecule has 0 aliphatic heterocycles. The predicted octanol–water partition coefficient (Wildman–Crippen LogP) is 9.03. The van der Waals surface area contributed by atoms with Crippen molar-refractivity contribution in [1.82, 2.24) is 0 Å². The fourth-order valence-corrected chi connectivity index (χ4v) is 4.29. The average molecular weight is 684 g/mol. The molecule has 0 amide bonds. The van der Waals surface area contributed by atoms with E-state index >= 15 is 0 Å². The Labute approximate surface area is 207 Å². The Hall–Kier alpha value is -1.54. The van der Waals surface area contributed by atoms with Crippen molar-refractivity contribution in [2.75, 3.05) is 12.3 Å². The second-order valence-corrected chi connectivity index (χ2v) is 11.7. The third-order valence-corrected chi connectivity index (χ3v) is 7.97. The second-order valence-electron chi connectivity index (χ2n) is 6.91. The summed E-state index contributed by atoms with van der Waals surface area (Å²) >= 11 is 0. The van der Waals surface area contributed by atoms with Crippen LogP contribution in [0.1, 0.15) is 12.8 Å². The van der Waals surface area contributed by atoms with Gasteiger partial charge in [0.15, 0.2) is 11.7 Å². The van der Waals surface area contributed by atoms with E-state index in [0.717, 1.165) is 0 Å². The third-order valence-electron chi connectivity index (χ3n) is 4.03. The molecule has 2 atom stereocenters. The molecule has 0 saturated heterocycles. The average Bonchev–Trinajstić information content (AvgIpc) is 2.73. The lowest BCUT2D eigenvalue weighted by Crippen LogP contribution is -2.60. The lowest BCUT2D eigenvalue weighted by atomic mass is 10.1. The predicted molar refractivity (Wildman–Crippen MR) is 91.2 cm³/mol. The highest BCUT2D eigenvalue weighted by Gasteiger charge is 2.85. The van der Waals surface area contributed by atoms with Crippen LogP contribution < -0.4 is 0 Å². The van der Waals surface area contributed by atoms with Gasteiger partial charge in [0.05, 0.1) is 0 Å². The fourth-order valence-electron chi connectivity index (χ4n) is 1.75. The van der Waals surface area contributed by atoms with Crippen LogP contribution in [0.15, 0.2) is 23.8 Å². The molecule has 0 aromatic heterocycles. The first-order valence-corrected chi connectivity index (χ1v) is 12.5. The van der Waals surface area contributed by atoms with E-state index in [2.05, 4.69) is 0 Å². The maximum Gasteiger partial charge on any atom is 0.463 e. The Morgan fingerprint density at radius 3 is 0.975 bits per heavy atom. The lowest BCUT2D eigenvalue weighted by Gasteiger charge is -2.35. The molecule has 0 spiro atoms. The summed E-state index contributed by atoms with van der Waals surface area (Å²) in [5, 5.41) is 0. The molecule has 2 N–H and O–H groups in total. The Balaban J connectivity index is 0. The molecule has 0 aliphatic carbocycles. The van der Waals surface area contributed by atoms with E-state index in [4.69, 9.17) is 9.79 Å². The smallest absolute Gasteiger partial charge is 0.340 e. The standard InChI is InChI=1S/C8H5F12O2P.C6H5F8O2P/c9-3(4(10)11)1-2-23(21,22)8(19,20)6(14,15)5(12,13)7(16,17)18;7-3(4(8)9)1-2-17(15,16)6(13,14)5(10,11)12/h1-2H2,(H,21,22);1-2H2,(H,15,16). The summed E-state index contributed by atoms with van der Waals surface area (Å²) in [6.45, 7) is 0. The largest absolute Gasteiger partial charge is 0.463 e. The number of hydrogen-bond acceptors (Lipinski definition) is 2. The first-order chi connectivity index (χ1) is 17.2. The van der Waals surface area contributed by atoms with Crippen LogP contribution in [-0.4, -0.2) is 57.6 Å². The molecule has 0 heterocycles. The summed E-state index contributed by atoms with van der Waals surface area (Å²) in [6.07, 6.45) is -27.8. The quantitative estimate of drug-likeness (QED) is 0.178. The van der Waals surface area contributed by atoms with E-state index < -0.39 is 99.2 Å². The van der Waals surface area contributed by atoms with Crippen LogP contribution in [0.25, 0.3) is 0 Å².